The van der Waals surface area contributed by atoms with Crippen LogP contribution < -0.4 is 16.2 Å². The molecule has 3 aliphatic carbocycles. The number of piperidine rings is 3. The fourth-order valence-corrected chi connectivity index (χ4v) is 6.99. The first-order valence-corrected chi connectivity index (χ1v) is 13.7. The molecule has 4 bridgehead atoms. The standard InChI is InChI=1S/C27H33F2N4O2P/c1-15(18-3-2-4-19(24(18)28)25(29)36)30-26(35)20-13-33(27-10-16(11-27)12-27)23(34)9-21(20)31-22-14-32-7-5-17(22)6-8-32/h2-4,9,13,15-17,22,25,31H,5-8,10-12,14,36H2,1H3,(H,30,35)/t15-,16?,22+,25?,27?/m1/s1. The number of nitrogens with one attached hydrogen (secondary N) is 2. The van der Waals surface area contributed by atoms with Crippen LogP contribution in [0.2, 0.25) is 0 Å². The number of benzene rings is 1. The van der Waals surface area contributed by atoms with E-state index in [9.17, 15) is 18.4 Å². The van der Waals surface area contributed by atoms with Gasteiger partial charge in [-0.15, -0.1) is 0 Å². The molecular weight excluding hydrogens is 481 g/mol. The SMILES string of the molecule is C[C@@H](NC(=O)c1cn(C23CC(C2)C3)c(=O)cc1N[C@H]1CN2CCC1CC2)c1cccc(C(F)P)c1F. The van der Waals surface area contributed by atoms with Gasteiger partial charge in [-0.3, -0.25) is 9.59 Å². The Morgan fingerprint density at radius 2 is 1.89 bits per heavy atom. The fraction of sp³-hybridized carbons (Fsp3) is 0.556. The topological polar surface area (TPSA) is 66.4 Å². The van der Waals surface area contributed by atoms with Crippen molar-refractivity contribution in [1.29, 1.82) is 0 Å². The number of alkyl halides is 1. The van der Waals surface area contributed by atoms with Gasteiger partial charge in [-0.05, 0) is 64.0 Å². The summed E-state index contributed by atoms with van der Waals surface area (Å²) in [5.74, 6) is -1.36. The van der Waals surface area contributed by atoms with Gasteiger partial charge in [-0.1, -0.05) is 27.4 Å². The van der Waals surface area contributed by atoms with Crippen molar-refractivity contribution in [3.05, 3.63) is 63.3 Å². The van der Waals surface area contributed by atoms with E-state index < -0.39 is 17.8 Å². The molecule has 2 unspecified atom stereocenters. The maximum Gasteiger partial charge on any atom is 0.255 e. The van der Waals surface area contributed by atoms with Crippen molar-refractivity contribution in [3.8, 4) is 0 Å². The maximum absolute atomic E-state index is 15.0. The van der Waals surface area contributed by atoms with Gasteiger partial charge in [0.1, 0.15) is 11.7 Å². The van der Waals surface area contributed by atoms with E-state index in [-0.39, 0.29) is 34.2 Å². The maximum atomic E-state index is 15.0. The van der Waals surface area contributed by atoms with Crippen LogP contribution in [0.1, 0.15) is 72.5 Å². The van der Waals surface area contributed by atoms with Gasteiger partial charge in [0.2, 0.25) is 0 Å². The third-order valence-corrected chi connectivity index (χ3v) is 9.34. The summed E-state index contributed by atoms with van der Waals surface area (Å²) < 4.78 is 30.5. The normalized spacial score (nSPS) is 31.7. The molecule has 3 saturated heterocycles. The molecule has 2 aromatic rings. The summed E-state index contributed by atoms with van der Waals surface area (Å²) in [6, 6.07) is 5.63. The molecule has 1 aromatic carbocycles. The largest absolute Gasteiger partial charge is 0.380 e. The minimum Gasteiger partial charge on any atom is -0.380 e. The lowest BCUT2D eigenvalue weighted by atomic mass is 9.49. The second-order valence-electron chi connectivity index (χ2n) is 11.2. The average Bonchev–Trinajstić information content (AvgIpc) is 2.79. The van der Waals surface area contributed by atoms with E-state index in [0.717, 1.165) is 51.7 Å². The molecule has 8 rings (SSSR count). The van der Waals surface area contributed by atoms with E-state index in [0.29, 0.717) is 23.1 Å². The van der Waals surface area contributed by atoms with E-state index in [2.05, 4.69) is 15.5 Å². The number of hydrogen-bond acceptors (Lipinski definition) is 4. The number of halogens is 2. The molecule has 3 saturated carbocycles. The molecule has 4 heterocycles. The van der Waals surface area contributed by atoms with E-state index in [1.54, 1.807) is 35.9 Å². The summed E-state index contributed by atoms with van der Waals surface area (Å²) in [7, 11) is 1.96. The van der Waals surface area contributed by atoms with Crippen molar-refractivity contribution in [3.63, 3.8) is 0 Å². The number of pyridine rings is 1. The second kappa shape index (κ2) is 8.91. The van der Waals surface area contributed by atoms with E-state index in [4.69, 9.17) is 0 Å². The highest BCUT2D eigenvalue weighted by Crippen LogP contribution is 2.61. The molecule has 6 aliphatic rings. The number of rotatable bonds is 7. The van der Waals surface area contributed by atoms with Crippen LogP contribution in [0.3, 0.4) is 0 Å². The van der Waals surface area contributed by atoms with Crippen LogP contribution in [-0.2, 0) is 5.54 Å². The highest BCUT2D eigenvalue weighted by molar-refractivity contribution is 7.16. The predicted molar refractivity (Wildman–Crippen MR) is 138 cm³/mol. The van der Waals surface area contributed by atoms with Gasteiger partial charge in [0.25, 0.3) is 11.5 Å². The molecule has 6 fully saturated rings. The van der Waals surface area contributed by atoms with Gasteiger partial charge in [0.05, 0.1) is 17.3 Å². The Labute approximate surface area is 212 Å². The summed E-state index contributed by atoms with van der Waals surface area (Å²) in [6.07, 6.45) is 6.87. The van der Waals surface area contributed by atoms with Crippen molar-refractivity contribution >= 4 is 20.8 Å². The van der Waals surface area contributed by atoms with Gasteiger partial charge >= 0.3 is 0 Å². The zero-order chi connectivity index (χ0) is 25.2. The molecular formula is C27H33F2N4O2P. The first-order valence-electron chi connectivity index (χ1n) is 13.0. The van der Waals surface area contributed by atoms with Gasteiger partial charge in [0, 0.05) is 41.5 Å². The Morgan fingerprint density at radius 1 is 1.19 bits per heavy atom. The molecule has 6 nitrogen and oxygen atoms in total. The zero-order valence-corrected chi connectivity index (χ0v) is 21.6. The van der Waals surface area contributed by atoms with Crippen LogP contribution in [0.4, 0.5) is 14.5 Å². The zero-order valence-electron chi connectivity index (χ0n) is 20.5. The predicted octanol–water partition coefficient (Wildman–Crippen LogP) is 4.34. The lowest BCUT2D eigenvalue weighted by Gasteiger charge is -2.62. The summed E-state index contributed by atoms with van der Waals surface area (Å²) in [5.41, 5.74) is 0.856. The first kappa shape index (κ1) is 24.1. The highest BCUT2D eigenvalue weighted by atomic mass is 31.0. The van der Waals surface area contributed by atoms with Gasteiger partial charge in [-0.2, -0.15) is 0 Å². The molecule has 36 heavy (non-hydrogen) atoms. The van der Waals surface area contributed by atoms with Gasteiger partial charge in [0.15, 0.2) is 0 Å². The molecule has 1 aromatic heterocycles. The third kappa shape index (κ3) is 3.97. The lowest BCUT2D eigenvalue weighted by Crippen LogP contribution is -2.62. The van der Waals surface area contributed by atoms with Crippen molar-refractivity contribution in [1.82, 2.24) is 14.8 Å². The Morgan fingerprint density at radius 3 is 2.47 bits per heavy atom. The lowest BCUT2D eigenvalue weighted by molar-refractivity contribution is -0.0914. The Hall–Kier alpha value is -2.31. The van der Waals surface area contributed by atoms with Crippen LogP contribution in [0.25, 0.3) is 0 Å². The van der Waals surface area contributed by atoms with Crippen LogP contribution in [-0.4, -0.2) is 41.1 Å². The molecule has 3 aliphatic heterocycles. The van der Waals surface area contributed by atoms with Crippen molar-refractivity contribution in [2.45, 2.75) is 62.6 Å². The molecule has 0 spiro atoms. The number of carbonyl (C=O) groups excluding carboxylic acids is 1. The monoisotopic (exact) mass is 514 g/mol. The van der Waals surface area contributed by atoms with Crippen LogP contribution in [0, 0.1) is 17.7 Å². The molecule has 4 atom stereocenters. The Kier molecular flexibility index (Phi) is 5.95. The Bertz CT molecular complexity index is 1240. The minimum absolute atomic E-state index is 0.0551. The van der Waals surface area contributed by atoms with Gasteiger partial charge in [-0.25, -0.2) is 8.78 Å². The molecule has 1 amide bonds. The number of hydrogen-bond donors (Lipinski definition) is 2. The fourth-order valence-electron chi connectivity index (χ4n) is 6.73. The van der Waals surface area contributed by atoms with Crippen molar-refractivity contribution < 1.29 is 13.6 Å². The number of amides is 1. The number of nitrogens with zero attached hydrogens (tertiary/aromatic N) is 2. The van der Waals surface area contributed by atoms with Crippen LogP contribution in [0.15, 0.2) is 35.3 Å². The van der Waals surface area contributed by atoms with Gasteiger partial charge < -0.3 is 20.1 Å². The van der Waals surface area contributed by atoms with E-state index in [1.807, 2.05) is 9.24 Å². The average molecular weight is 515 g/mol. The molecule has 192 valence electrons. The van der Waals surface area contributed by atoms with Crippen LogP contribution in [0.5, 0.6) is 0 Å². The van der Waals surface area contributed by atoms with E-state index >= 15 is 0 Å². The Balaban J connectivity index is 1.31. The quantitative estimate of drug-likeness (QED) is 0.540. The second-order valence-corrected chi connectivity index (χ2v) is 11.8. The molecule has 0 radical (unpaired) electrons. The molecule has 2 N–H and O–H groups in total. The third-order valence-electron chi connectivity index (χ3n) is 8.98. The minimum atomic E-state index is -1.53. The van der Waals surface area contributed by atoms with E-state index in [1.165, 1.54) is 6.07 Å². The summed E-state index contributed by atoms with van der Waals surface area (Å²) >= 11 is 0. The summed E-state index contributed by atoms with van der Waals surface area (Å²) in [6.45, 7) is 4.78. The number of anilines is 1. The van der Waals surface area contributed by atoms with Crippen molar-refractivity contribution in [2.75, 3.05) is 25.0 Å². The number of fused-ring (bicyclic) bond motifs is 3. The van der Waals surface area contributed by atoms with Crippen LogP contribution >= 0.6 is 9.24 Å². The molecule has 9 heteroatoms. The van der Waals surface area contributed by atoms with Crippen molar-refractivity contribution in [2.24, 2.45) is 11.8 Å². The number of carbonyl (C=O) groups is 1. The smallest absolute Gasteiger partial charge is 0.255 e. The summed E-state index contributed by atoms with van der Waals surface area (Å²) in [5, 5.41) is 6.44. The number of aromatic nitrogens is 1. The highest BCUT2D eigenvalue weighted by Gasteiger charge is 2.58. The summed E-state index contributed by atoms with van der Waals surface area (Å²) in [4.78, 5) is 29.2. The first-order chi connectivity index (χ1) is 17.2.